The average molecular weight is 254 g/mol. The maximum atomic E-state index is 5.96. The van der Waals surface area contributed by atoms with Crippen molar-refractivity contribution >= 4 is 0 Å². The van der Waals surface area contributed by atoms with Crippen LogP contribution in [0.3, 0.4) is 0 Å². The van der Waals surface area contributed by atoms with Crippen molar-refractivity contribution in [3.63, 3.8) is 0 Å². The molecule has 2 fully saturated rings. The first-order valence-electron chi connectivity index (χ1n) is 8.06. The molecule has 18 heavy (non-hydrogen) atoms. The SMILES string of the molecule is CCCC1CCC(C2OCC(CCC)CO2)CC1. The van der Waals surface area contributed by atoms with Crippen LogP contribution in [-0.2, 0) is 9.47 Å². The lowest BCUT2D eigenvalue weighted by Gasteiger charge is -2.37. The van der Waals surface area contributed by atoms with Crippen LogP contribution in [0.5, 0.6) is 0 Å². The Morgan fingerprint density at radius 1 is 0.778 bits per heavy atom. The second kappa shape index (κ2) is 7.49. The second-order valence-electron chi connectivity index (χ2n) is 6.26. The van der Waals surface area contributed by atoms with Crippen molar-refractivity contribution in [1.82, 2.24) is 0 Å². The summed E-state index contributed by atoms with van der Waals surface area (Å²) in [6.07, 6.45) is 10.8. The summed E-state index contributed by atoms with van der Waals surface area (Å²) in [5.41, 5.74) is 0. The van der Waals surface area contributed by atoms with Crippen molar-refractivity contribution in [3.05, 3.63) is 0 Å². The molecule has 0 amide bonds. The minimum atomic E-state index is 0.112. The van der Waals surface area contributed by atoms with E-state index in [1.165, 1.54) is 51.4 Å². The third-order valence-electron chi connectivity index (χ3n) is 4.66. The van der Waals surface area contributed by atoms with E-state index in [-0.39, 0.29) is 6.29 Å². The van der Waals surface area contributed by atoms with Crippen LogP contribution in [0.25, 0.3) is 0 Å². The van der Waals surface area contributed by atoms with Crippen LogP contribution in [0.15, 0.2) is 0 Å². The van der Waals surface area contributed by atoms with Gasteiger partial charge in [0.2, 0.25) is 0 Å². The molecule has 2 aliphatic rings. The molecule has 1 heterocycles. The molecule has 0 spiro atoms. The number of hydrogen-bond donors (Lipinski definition) is 0. The summed E-state index contributed by atoms with van der Waals surface area (Å²) in [5, 5.41) is 0. The Morgan fingerprint density at radius 2 is 1.33 bits per heavy atom. The van der Waals surface area contributed by atoms with Gasteiger partial charge in [0.25, 0.3) is 0 Å². The normalized spacial score (nSPS) is 37.7. The molecule has 0 aromatic heterocycles. The topological polar surface area (TPSA) is 18.5 Å². The summed E-state index contributed by atoms with van der Waals surface area (Å²) in [6.45, 7) is 6.38. The number of ether oxygens (including phenoxy) is 2. The van der Waals surface area contributed by atoms with E-state index in [0.717, 1.165) is 19.1 Å². The van der Waals surface area contributed by atoms with Gasteiger partial charge in [-0.1, -0.05) is 33.1 Å². The van der Waals surface area contributed by atoms with Crippen molar-refractivity contribution < 1.29 is 9.47 Å². The van der Waals surface area contributed by atoms with Crippen LogP contribution in [0.4, 0.5) is 0 Å². The van der Waals surface area contributed by atoms with E-state index in [4.69, 9.17) is 9.47 Å². The monoisotopic (exact) mass is 254 g/mol. The maximum Gasteiger partial charge on any atom is 0.160 e. The molecule has 0 atom stereocenters. The Balaban J connectivity index is 1.68. The fourth-order valence-electron chi connectivity index (χ4n) is 3.56. The zero-order valence-electron chi connectivity index (χ0n) is 12.2. The Kier molecular flexibility index (Phi) is 5.97. The molecular weight excluding hydrogens is 224 g/mol. The molecule has 0 unspecified atom stereocenters. The molecule has 1 saturated carbocycles. The van der Waals surface area contributed by atoms with Gasteiger partial charge in [-0.25, -0.2) is 0 Å². The molecule has 0 aromatic rings. The third kappa shape index (κ3) is 3.96. The van der Waals surface area contributed by atoms with Gasteiger partial charge in [0.15, 0.2) is 6.29 Å². The summed E-state index contributed by atoms with van der Waals surface area (Å²) < 4.78 is 11.9. The van der Waals surface area contributed by atoms with Gasteiger partial charge in [-0.2, -0.15) is 0 Å². The Bertz CT molecular complexity index is 189. The first-order valence-corrected chi connectivity index (χ1v) is 8.06. The first kappa shape index (κ1) is 14.3. The van der Waals surface area contributed by atoms with Crippen LogP contribution in [0, 0.1) is 17.8 Å². The summed E-state index contributed by atoms with van der Waals surface area (Å²) in [6, 6.07) is 0. The third-order valence-corrected chi connectivity index (χ3v) is 4.66. The summed E-state index contributed by atoms with van der Waals surface area (Å²) >= 11 is 0. The second-order valence-corrected chi connectivity index (χ2v) is 6.26. The lowest BCUT2D eigenvalue weighted by Crippen LogP contribution is -2.38. The fraction of sp³-hybridized carbons (Fsp3) is 1.00. The average Bonchev–Trinajstić information content (AvgIpc) is 2.41. The van der Waals surface area contributed by atoms with E-state index in [9.17, 15) is 0 Å². The summed E-state index contributed by atoms with van der Waals surface area (Å²) in [7, 11) is 0. The largest absolute Gasteiger partial charge is 0.352 e. The molecule has 2 heteroatoms. The van der Waals surface area contributed by atoms with Gasteiger partial charge in [-0.15, -0.1) is 0 Å². The molecule has 1 aliphatic heterocycles. The van der Waals surface area contributed by atoms with Crippen LogP contribution >= 0.6 is 0 Å². The molecule has 0 aromatic carbocycles. The van der Waals surface area contributed by atoms with Gasteiger partial charge in [0.1, 0.15) is 0 Å². The van der Waals surface area contributed by atoms with Crippen LogP contribution < -0.4 is 0 Å². The van der Waals surface area contributed by atoms with Crippen LogP contribution in [0.1, 0.15) is 65.2 Å². The van der Waals surface area contributed by atoms with Crippen LogP contribution in [-0.4, -0.2) is 19.5 Å². The minimum absolute atomic E-state index is 0.112. The van der Waals surface area contributed by atoms with Gasteiger partial charge in [-0.05, 0) is 38.0 Å². The van der Waals surface area contributed by atoms with E-state index >= 15 is 0 Å². The Morgan fingerprint density at radius 3 is 1.89 bits per heavy atom. The highest BCUT2D eigenvalue weighted by atomic mass is 16.7. The smallest absolute Gasteiger partial charge is 0.160 e. The van der Waals surface area contributed by atoms with Gasteiger partial charge < -0.3 is 9.47 Å². The van der Waals surface area contributed by atoms with E-state index < -0.39 is 0 Å². The molecule has 0 N–H and O–H groups in total. The zero-order valence-corrected chi connectivity index (χ0v) is 12.2. The number of hydrogen-bond acceptors (Lipinski definition) is 2. The summed E-state index contributed by atoms with van der Waals surface area (Å²) in [5.74, 6) is 2.28. The highest BCUT2D eigenvalue weighted by molar-refractivity contribution is 4.76. The van der Waals surface area contributed by atoms with E-state index in [1.54, 1.807) is 0 Å². The van der Waals surface area contributed by atoms with E-state index in [0.29, 0.717) is 11.8 Å². The zero-order chi connectivity index (χ0) is 12.8. The predicted molar refractivity (Wildman–Crippen MR) is 74.4 cm³/mol. The first-order chi connectivity index (χ1) is 8.83. The highest BCUT2D eigenvalue weighted by Gasteiger charge is 2.31. The van der Waals surface area contributed by atoms with E-state index in [2.05, 4.69) is 13.8 Å². The van der Waals surface area contributed by atoms with Crippen molar-refractivity contribution in [1.29, 1.82) is 0 Å². The molecule has 0 bridgehead atoms. The molecule has 0 radical (unpaired) electrons. The van der Waals surface area contributed by atoms with Crippen molar-refractivity contribution in [2.45, 2.75) is 71.5 Å². The van der Waals surface area contributed by atoms with Gasteiger partial charge in [0, 0.05) is 11.8 Å². The minimum Gasteiger partial charge on any atom is -0.352 e. The molecular formula is C16H30O2. The lowest BCUT2D eigenvalue weighted by atomic mass is 9.79. The Labute approximate surface area is 112 Å². The van der Waals surface area contributed by atoms with Crippen molar-refractivity contribution in [2.24, 2.45) is 17.8 Å². The molecule has 1 aliphatic carbocycles. The Hall–Kier alpha value is -0.0800. The van der Waals surface area contributed by atoms with Gasteiger partial charge in [0.05, 0.1) is 13.2 Å². The van der Waals surface area contributed by atoms with Gasteiger partial charge in [-0.3, -0.25) is 0 Å². The van der Waals surface area contributed by atoms with E-state index in [1.807, 2.05) is 0 Å². The summed E-state index contributed by atoms with van der Waals surface area (Å²) in [4.78, 5) is 0. The number of rotatable bonds is 5. The highest BCUT2D eigenvalue weighted by Crippen LogP contribution is 2.35. The maximum absolute atomic E-state index is 5.96. The molecule has 2 rings (SSSR count). The lowest BCUT2D eigenvalue weighted by molar-refractivity contribution is -0.230. The predicted octanol–water partition coefficient (Wildman–Crippen LogP) is 4.38. The quantitative estimate of drug-likeness (QED) is 0.724. The van der Waals surface area contributed by atoms with Crippen LogP contribution in [0.2, 0.25) is 0 Å². The van der Waals surface area contributed by atoms with Crippen molar-refractivity contribution in [3.8, 4) is 0 Å². The molecule has 106 valence electrons. The molecule has 1 saturated heterocycles. The van der Waals surface area contributed by atoms with Crippen molar-refractivity contribution in [2.75, 3.05) is 13.2 Å². The standard InChI is InChI=1S/C16H30O2/c1-3-5-13-7-9-15(10-8-13)16-17-11-14(6-4-2)12-18-16/h13-16H,3-12H2,1-2H3. The van der Waals surface area contributed by atoms with Gasteiger partial charge >= 0.3 is 0 Å². The fourth-order valence-corrected chi connectivity index (χ4v) is 3.56. The molecule has 2 nitrogen and oxygen atoms in total.